The first kappa shape index (κ1) is 16.5. The summed E-state index contributed by atoms with van der Waals surface area (Å²) in [5.41, 5.74) is 1.33. The number of nitrogens with zero attached hydrogens (tertiary/aromatic N) is 3. The van der Waals surface area contributed by atoms with Crippen molar-refractivity contribution >= 4 is 0 Å². The molecule has 5 heteroatoms. The third-order valence-electron chi connectivity index (χ3n) is 4.28. The summed E-state index contributed by atoms with van der Waals surface area (Å²) in [6.45, 7) is 9.40. The third kappa shape index (κ3) is 4.80. The summed E-state index contributed by atoms with van der Waals surface area (Å²) >= 11 is 0. The van der Waals surface area contributed by atoms with Crippen LogP contribution in [0, 0.1) is 0 Å². The van der Waals surface area contributed by atoms with E-state index in [1.54, 1.807) is 7.11 Å². The van der Waals surface area contributed by atoms with Crippen LogP contribution in [0.25, 0.3) is 0 Å². The number of piperidine rings is 1. The van der Waals surface area contributed by atoms with Gasteiger partial charge in [0.1, 0.15) is 0 Å². The number of imidazole rings is 1. The Hall–Kier alpha value is -0.910. The largest absolute Gasteiger partial charge is 0.383 e. The third-order valence-corrected chi connectivity index (χ3v) is 4.28. The van der Waals surface area contributed by atoms with Gasteiger partial charge >= 0.3 is 0 Å². The van der Waals surface area contributed by atoms with Crippen molar-refractivity contribution in [3.05, 3.63) is 18.2 Å². The standard InChI is InChI=1S/C16H30N4O/c1-14(2)20-13-18-11-16(20)12-19-8-5-4-6-15(19)10-17-7-9-21-3/h11,13-15,17H,4-10,12H2,1-3H3. The molecule has 2 rings (SSSR count). The van der Waals surface area contributed by atoms with Crippen LogP contribution in [0.1, 0.15) is 44.8 Å². The molecule has 1 atom stereocenters. The molecule has 5 nitrogen and oxygen atoms in total. The predicted molar refractivity (Wildman–Crippen MR) is 85.4 cm³/mol. The maximum absolute atomic E-state index is 5.10. The van der Waals surface area contributed by atoms with Gasteiger partial charge in [-0.1, -0.05) is 6.42 Å². The molecule has 1 aromatic heterocycles. The van der Waals surface area contributed by atoms with Crippen molar-refractivity contribution in [2.75, 3.05) is 33.4 Å². The Balaban J connectivity index is 1.90. The van der Waals surface area contributed by atoms with E-state index in [4.69, 9.17) is 4.74 Å². The van der Waals surface area contributed by atoms with Crippen LogP contribution in [0.3, 0.4) is 0 Å². The van der Waals surface area contributed by atoms with E-state index in [1.807, 2.05) is 12.5 Å². The number of likely N-dealkylation sites (tertiary alicyclic amines) is 1. The highest BCUT2D eigenvalue weighted by molar-refractivity contribution is 5.01. The molecule has 0 spiro atoms. The van der Waals surface area contributed by atoms with Crippen LogP contribution in [-0.2, 0) is 11.3 Å². The molecular weight excluding hydrogens is 264 g/mol. The summed E-state index contributed by atoms with van der Waals surface area (Å²) < 4.78 is 7.38. The van der Waals surface area contributed by atoms with E-state index in [9.17, 15) is 0 Å². The lowest BCUT2D eigenvalue weighted by molar-refractivity contribution is 0.129. The van der Waals surface area contributed by atoms with Crippen molar-refractivity contribution in [3.8, 4) is 0 Å². The Kier molecular flexibility index (Phi) is 6.67. The number of nitrogens with one attached hydrogen (secondary N) is 1. The maximum atomic E-state index is 5.10. The molecule has 1 aromatic rings. The summed E-state index contributed by atoms with van der Waals surface area (Å²) in [4.78, 5) is 6.93. The van der Waals surface area contributed by atoms with E-state index >= 15 is 0 Å². The fourth-order valence-electron chi connectivity index (χ4n) is 3.07. The van der Waals surface area contributed by atoms with Crippen LogP contribution in [0.15, 0.2) is 12.5 Å². The maximum Gasteiger partial charge on any atom is 0.0951 e. The van der Waals surface area contributed by atoms with Crippen LogP contribution in [-0.4, -0.2) is 53.8 Å². The highest BCUT2D eigenvalue weighted by Crippen LogP contribution is 2.20. The Bertz CT molecular complexity index is 405. The second-order valence-electron chi connectivity index (χ2n) is 6.20. The zero-order valence-corrected chi connectivity index (χ0v) is 13.7. The topological polar surface area (TPSA) is 42.3 Å². The minimum atomic E-state index is 0.477. The first-order valence-electron chi connectivity index (χ1n) is 8.16. The Labute approximate surface area is 128 Å². The van der Waals surface area contributed by atoms with Gasteiger partial charge in [0.25, 0.3) is 0 Å². The van der Waals surface area contributed by atoms with E-state index in [2.05, 4.69) is 33.6 Å². The van der Waals surface area contributed by atoms with E-state index in [0.29, 0.717) is 12.1 Å². The first-order chi connectivity index (χ1) is 10.2. The van der Waals surface area contributed by atoms with Crippen LogP contribution >= 0.6 is 0 Å². The molecule has 0 radical (unpaired) electrons. The Morgan fingerprint density at radius 1 is 1.43 bits per heavy atom. The molecule has 1 aliphatic heterocycles. The minimum absolute atomic E-state index is 0.477. The minimum Gasteiger partial charge on any atom is -0.383 e. The number of aromatic nitrogens is 2. The molecule has 21 heavy (non-hydrogen) atoms. The van der Waals surface area contributed by atoms with Gasteiger partial charge in [-0.05, 0) is 33.2 Å². The molecule has 2 heterocycles. The molecule has 0 aromatic carbocycles. The number of hydrogen-bond donors (Lipinski definition) is 1. The lowest BCUT2D eigenvalue weighted by Gasteiger charge is -2.36. The molecule has 1 unspecified atom stereocenters. The predicted octanol–water partition coefficient (Wildman–Crippen LogP) is 2.05. The molecule has 1 N–H and O–H groups in total. The van der Waals surface area contributed by atoms with Crippen LogP contribution in [0.4, 0.5) is 0 Å². The molecular formula is C16H30N4O. The van der Waals surface area contributed by atoms with Gasteiger partial charge < -0.3 is 14.6 Å². The molecule has 120 valence electrons. The molecule has 1 saturated heterocycles. The van der Waals surface area contributed by atoms with Crippen molar-refractivity contribution in [3.63, 3.8) is 0 Å². The molecule has 1 aliphatic rings. The van der Waals surface area contributed by atoms with Gasteiger partial charge in [0.05, 0.1) is 18.6 Å². The van der Waals surface area contributed by atoms with Crippen molar-refractivity contribution in [1.82, 2.24) is 19.8 Å². The van der Waals surface area contributed by atoms with Crippen LogP contribution in [0.5, 0.6) is 0 Å². The number of ether oxygens (including phenoxy) is 1. The van der Waals surface area contributed by atoms with Crippen LogP contribution < -0.4 is 5.32 Å². The van der Waals surface area contributed by atoms with E-state index < -0.39 is 0 Å². The van der Waals surface area contributed by atoms with Gasteiger partial charge in [-0.15, -0.1) is 0 Å². The molecule has 1 fully saturated rings. The molecule has 0 saturated carbocycles. The smallest absolute Gasteiger partial charge is 0.0951 e. The van der Waals surface area contributed by atoms with Crippen molar-refractivity contribution < 1.29 is 4.74 Å². The molecule has 0 amide bonds. The van der Waals surface area contributed by atoms with E-state index in [1.165, 1.54) is 31.5 Å². The lowest BCUT2D eigenvalue weighted by atomic mass is 10.0. The van der Waals surface area contributed by atoms with Gasteiger partial charge in [0.2, 0.25) is 0 Å². The number of hydrogen-bond acceptors (Lipinski definition) is 4. The normalized spacial score (nSPS) is 20.3. The van der Waals surface area contributed by atoms with Gasteiger partial charge in [0.15, 0.2) is 0 Å². The highest BCUT2D eigenvalue weighted by atomic mass is 16.5. The monoisotopic (exact) mass is 294 g/mol. The summed E-state index contributed by atoms with van der Waals surface area (Å²) in [6, 6.07) is 1.11. The summed E-state index contributed by atoms with van der Waals surface area (Å²) in [6.07, 6.45) is 7.91. The fourth-order valence-corrected chi connectivity index (χ4v) is 3.07. The quantitative estimate of drug-likeness (QED) is 0.745. The van der Waals surface area contributed by atoms with Gasteiger partial charge in [0, 0.05) is 45.0 Å². The lowest BCUT2D eigenvalue weighted by Crippen LogP contribution is -2.45. The second-order valence-corrected chi connectivity index (χ2v) is 6.20. The van der Waals surface area contributed by atoms with E-state index in [-0.39, 0.29) is 0 Å². The summed E-state index contributed by atoms with van der Waals surface area (Å²) in [5.74, 6) is 0. The molecule has 0 bridgehead atoms. The number of rotatable bonds is 8. The zero-order valence-electron chi connectivity index (χ0n) is 13.7. The van der Waals surface area contributed by atoms with Gasteiger partial charge in [-0.25, -0.2) is 4.98 Å². The SMILES string of the molecule is COCCNCC1CCCCN1Cc1cncn1C(C)C. The second kappa shape index (κ2) is 8.51. The van der Waals surface area contributed by atoms with E-state index in [0.717, 1.165) is 26.2 Å². The average Bonchev–Trinajstić information content (AvgIpc) is 2.93. The number of methoxy groups -OCH3 is 1. The molecule has 0 aliphatic carbocycles. The highest BCUT2D eigenvalue weighted by Gasteiger charge is 2.23. The summed E-state index contributed by atoms with van der Waals surface area (Å²) in [7, 11) is 1.75. The van der Waals surface area contributed by atoms with Crippen molar-refractivity contribution in [1.29, 1.82) is 0 Å². The average molecular weight is 294 g/mol. The van der Waals surface area contributed by atoms with Gasteiger partial charge in [-0.2, -0.15) is 0 Å². The van der Waals surface area contributed by atoms with Crippen molar-refractivity contribution in [2.24, 2.45) is 0 Å². The summed E-state index contributed by atoms with van der Waals surface area (Å²) in [5, 5.41) is 3.51. The first-order valence-corrected chi connectivity index (χ1v) is 8.16. The Morgan fingerprint density at radius 2 is 2.29 bits per heavy atom. The van der Waals surface area contributed by atoms with Crippen LogP contribution in [0.2, 0.25) is 0 Å². The van der Waals surface area contributed by atoms with Gasteiger partial charge in [-0.3, -0.25) is 4.90 Å². The Morgan fingerprint density at radius 3 is 3.05 bits per heavy atom. The van der Waals surface area contributed by atoms with Crippen molar-refractivity contribution in [2.45, 2.75) is 51.7 Å². The zero-order chi connectivity index (χ0) is 15.1. The fraction of sp³-hybridized carbons (Fsp3) is 0.812.